The Hall–Kier alpha value is -2.17. The number of urea groups is 1. The molecule has 3 N–H and O–H groups in total. The summed E-state index contributed by atoms with van der Waals surface area (Å²) in [5, 5.41) is 5.77. The van der Waals surface area contributed by atoms with Crippen molar-refractivity contribution in [3.63, 3.8) is 0 Å². The molecule has 1 saturated carbocycles. The molecule has 2 amide bonds. The van der Waals surface area contributed by atoms with E-state index in [1.54, 1.807) is 0 Å². The molecule has 2 rings (SSSR count). The van der Waals surface area contributed by atoms with Crippen LogP contribution < -0.4 is 10.6 Å². The van der Waals surface area contributed by atoms with Crippen LogP contribution in [0.3, 0.4) is 0 Å². The molecule has 1 aliphatic carbocycles. The number of nitrogens with one attached hydrogen (secondary N) is 2. The van der Waals surface area contributed by atoms with Crippen molar-refractivity contribution in [3.05, 3.63) is 35.9 Å². The Kier molecular flexibility index (Phi) is 19.3. The summed E-state index contributed by atoms with van der Waals surface area (Å²) in [5.74, 6) is -0.564. The van der Waals surface area contributed by atoms with E-state index in [-0.39, 0.29) is 25.7 Å². The van der Waals surface area contributed by atoms with Crippen LogP contribution in [0.15, 0.2) is 30.3 Å². The summed E-state index contributed by atoms with van der Waals surface area (Å²) in [7, 11) is -1.91. The van der Waals surface area contributed by atoms with E-state index >= 15 is 0 Å². The van der Waals surface area contributed by atoms with E-state index in [0.29, 0.717) is 6.54 Å². The Morgan fingerprint density at radius 3 is 2.02 bits per heavy atom. The topological polar surface area (TPSA) is 142 Å². The number of carbonyl (C=O) groups is 2. The first-order valence-electron chi connectivity index (χ1n) is 16.3. The van der Waals surface area contributed by atoms with E-state index < -0.39 is 38.1 Å². The molecule has 5 atom stereocenters. The quantitative estimate of drug-likeness (QED) is 0.0638. The number of rotatable bonds is 23. The molecule has 0 aliphatic heterocycles. The molecule has 2 unspecified atom stereocenters. The van der Waals surface area contributed by atoms with Crippen molar-refractivity contribution in [3.8, 4) is 0 Å². The zero-order chi connectivity index (χ0) is 32.0. The molecule has 0 bridgehead atoms. The van der Waals surface area contributed by atoms with Crippen LogP contribution in [-0.2, 0) is 34.4 Å². The minimum atomic E-state index is -4.40. The van der Waals surface area contributed by atoms with E-state index in [2.05, 4.69) is 22.1 Å². The van der Waals surface area contributed by atoms with E-state index in [0.717, 1.165) is 31.9 Å². The molecule has 0 radical (unpaired) electrons. The molecular formula is C32H55N2O9P. The van der Waals surface area contributed by atoms with Crippen molar-refractivity contribution >= 4 is 20.0 Å². The predicted molar refractivity (Wildman–Crippen MR) is 169 cm³/mol. The lowest BCUT2D eigenvalue weighted by atomic mass is 10.0. The zero-order valence-electron chi connectivity index (χ0n) is 26.9. The highest BCUT2D eigenvalue weighted by Crippen LogP contribution is 2.48. The molecular weight excluding hydrogens is 587 g/mol. The van der Waals surface area contributed by atoms with Gasteiger partial charge in [0.05, 0.1) is 6.04 Å². The smallest absolute Gasteiger partial charge is 0.434 e. The summed E-state index contributed by atoms with van der Waals surface area (Å²) in [5.41, 5.74) is 0.807. The molecule has 0 aromatic heterocycles. The summed E-state index contributed by atoms with van der Waals surface area (Å²) in [6.07, 6.45) is 14.0. The third-order valence-electron chi connectivity index (χ3n) is 8.00. The Labute approximate surface area is 263 Å². The number of hydrogen-bond donors (Lipinski definition) is 3. The molecule has 12 heteroatoms. The third kappa shape index (κ3) is 15.7. The van der Waals surface area contributed by atoms with Gasteiger partial charge in [-0.25, -0.2) is 14.2 Å². The Bertz CT molecular complexity index is 968. The molecule has 1 fully saturated rings. The number of methoxy groups -OCH3 is 1. The van der Waals surface area contributed by atoms with Crippen molar-refractivity contribution in [2.24, 2.45) is 5.92 Å². The molecule has 1 aromatic rings. The molecule has 252 valence electrons. The Morgan fingerprint density at radius 1 is 0.864 bits per heavy atom. The fourth-order valence-corrected chi connectivity index (χ4v) is 6.22. The van der Waals surface area contributed by atoms with Crippen LogP contribution in [0.4, 0.5) is 9.59 Å². The summed E-state index contributed by atoms with van der Waals surface area (Å²) in [6, 6.07) is 8.25. The van der Waals surface area contributed by atoms with Gasteiger partial charge >= 0.3 is 20.0 Å². The molecule has 0 saturated heterocycles. The number of hydrogen-bond acceptors (Lipinski definition) is 8. The van der Waals surface area contributed by atoms with Gasteiger partial charge in [-0.1, -0.05) is 114 Å². The van der Waals surface area contributed by atoms with Gasteiger partial charge in [-0.3, -0.25) is 9.05 Å². The van der Waals surface area contributed by atoms with Gasteiger partial charge in [0, 0.05) is 26.7 Å². The second-order valence-corrected chi connectivity index (χ2v) is 13.0. The lowest BCUT2D eigenvalue weighted by Crippen LogP contribution is -2.48. The molecule has 0 heterocycles. The zero-order valence-corrected chi connectivity index (χ0v) is 27.8. The highest BCUT2D eigenvalue weighted by atomic mass is 31.2. The highest BCUT2D eigenvalue weighted by Gasteiger charge is 2.48. The van der Waals surface area contributed by atoms with E-state index in [1.165, 1.54) is 71.3 Å². The lowest BCUT2D eigenvalue weighted by Gasteiger charge is -2.27. The summed E-state index contributed by atoms with van der Waals surface area (Å²) in [6.45, 7) is 2.67. The number of benzene rings is 1. The minimum absolute atomic E-state index is 0.0457. The average molecular weight is 643 g/mol. The number of phosphoric acid groups is 1. The van der Waals surface area contributed by atoms with Crippen LogP contribution >= 0.6 is 7.82 Å². The van der Waals surface area contributed by atoms with Gasteiger partial charge in [0.1, 0.15) is 25.4 Å². The van der Waals surface area contributed by atoms with Gasteiger partial charge in [0.25, 0.3) is 0 Å². The summed E-state index contributed by atoms with van der Waals surface area (Å²) in [4.78, 5) is 34.9. The number of phosphoric ester groups is 1. The predicted octanol–water partition coefficient (Wildman–Crippen LogP) is 7.27. The molecule has 0 spiro atoms. The Balaban J connectivity index is 1.71. The van der Waals surface area contributed by atoms with Crippen molar-refractivity contribution in [1.82, 2.24) is 10.6 Å². The first-order chi connectivity index (χ1) is 21.3. The van der Waals surface area contributed by atoms with E-state index in [9.17, 15) is 19.0 Å². The van der Waals surface area contributed by atoms with Gasteiger partial charge in [-0.2, -0.15) is 0 Å². The number of unbranched alkanes of at least 4 members (excludes halogenated alkanes) is 12. The maximum Gasteiger partial charge on any atom is 0.508 e. The third-order valence-corrected chi connectivity index (χ3v) is 8.97. The van der Waals surface area contributed by atoms with Crippen LogP contribution in [0, 0.1) is 5.92 Å². The summed E-state index contributed by atoms with van der Waals surface area (Å²) >= 11 is 0. The van der Waals surface area contributed by atoms with Gasteiger partial charge in [-0.05, 0) is 18.4 Å². The standard InChI is InChI=1S/C32H55N2O9P/c1-4-5-6-7-8-9-10-11-12-13-14-15-19-22-33-31(35)34-28-23-27(29(30(28)39-2)43-44(37,38)40-3)25-42-32(36)41-24-26-20-17-16-18-21-26/h16-18,20-21,27-30H,4-15,19,22-25H2,1-3H3,(H,37,38)(H2,33,34,35)/t27-,28-,29?,30-/m1/s1. The summed E-state index contributed by atoms with van der Waals surface area (Å²) < 4.78 is 38.3. The highest BCUT2D eigenvalue weighted by molar-refractivity contribution is 7.47. The monoisotopic (exact) mass is 642 g/mol. The fraction of sp³-hybridized carbons (Fsp3) is 0.750. The van der Waals surface area contributed by atoms with Gasteiger partial charge < -0.3 is 29.7 Å². The van der Waals surface area contributed by atoms with Gasteiger partial charge in [0.2, 0.25) is 0 Å². The van der Waals surface area contributed by atoms with Gasteiger partial charge in [-0.15, -0.1) is 0 Å². The average Bonchev–Trinajstić information content (AvgIpc) is 3.33. The second-order valence-electron chi connectivity index (χ2n) is 11.5. The van der Waals surface area contributed by atoms with Crippen molar-refractivity contribution in [1.29, 1.82) is 0 Å². The maximum atomic E-state index is 12.7. The number of carbonyl (C=O) groups excluding carboxylic acids is 2. The first-order valence-corrected chi connectivity index (χ1v) is 17.8. The molecule has 1 aliphatic rings. The minimum Gasteiger partial charge on any atom is -0.434 e. The molecule has 11 nitrogen and oxygen atoms in total. The maximum absolute atomic E-state index is 12.7. The fourth-order valence-electron chi connectivity index (χ4n) is 5.53. The number of ether oxygens (including phenoxy) is 3. The van der Waals surface area contributed by atoms with Crippen LogP contribution in [0.2, 0.25) is 0 Å². The normalized spacial score (nSPS) is 21.0. The van der Waals surface area contributed by atoms with Crippen molar-refractivity contribution in [2.45, 2.75) is 122 Å². The van der Waals surface area contributed by atoms with Crippen molar-refractivity contribution in [2.75, 3.05) is 27.4 Å². The lowest BCUT2D eigenvalue weighted by molar-refractivity contribution is -0.0321. The van der Waals surface area contributed by atoms with E-state index in [1.807, 2.05) is 30.3 Å². The van der Waals surface area contributed by atoms with Crippen molar-refractivity contribution < 1.29 is 42.3 Å². The van der Waals surface area contributed by atoms with E-state index in [4.69, 9.17) is 18.7 Å². The first kappa shape index (κ1) is 38.0. The SMILES string of the molecule is CCCCCCCCCCCCCCCNC(=O)N[C@@H]1C[C@H](COC(=O)OCc2ccccc2)C(OP(=O)(O)OC)[C@@H]1OC. The van der Waals surface area contributed by atoms with Crippen LogP contribution in [0.25, 0.3) is 0 Å². The Morgan fingerprint density at radius 2 is 1.45 bits per heavy atom. The van der Waals surface area contributed by atoms with Crippen LogP contribution in [-0.4, -0.2) is 62.7 Å². The molecule has 1 aromatic carbocycles. The van der Waals surface area contributed by atoms with Crippen LogP contribution in [0.5, 0.6) is 0 Å². The van der Waals surface area contributed by atoms with Gasteiger partial charge in [0.15, 0.2) is 0 Å². The second kappa shape index (κ2) is 22.4. The largest absolute Gasteiger partial charge is 0.508 e. The molecule has 44 heavy (non-hydrogen) atoms. The van der Waals surface area contributed by atoms with Crippen LogP contribution in [0.1, 0.15) is 102 Å². The number of amides is 2.